The van der Waals surface area contributed by atoms with Crippen molar-refractivity contribution in [3.8, 4) is 0 Å². The number of primary amides is 1. The summed E-state index contributed by atoms with van der Waals surface area (Å²) in [5.41, 5.74) is 16.7. The summed E-state index contributed by atoms with van der Waals surface area (Å²) in [6.07, 6.45) is 3.73. The zero-order chi connectivity index (χ0) is 24.1. The van der Waals surface area contributed by atoms with Crippen LogP contribution in [0.3, 0.4) is 0 Å². The van der Waals surface area contributed by atoms with Crippen LogP contribution in [0.1, 0.15) is 31.4 Å². The number of nitrogens with one attached hydrogen (secondary N) is 4. The molecule has 3 atom stereocenters. The molecule has 0 spiro atoms. The van der Waals surface area contributed by atoms with Crippen LogP contribution in [0.4, 0.5) is 0 Å². The molecule has 178 valence electrons. The van der Waals surface area contributed by atoms with E-state index in [1.165, 1.54) is 12.5 Å². The highest BCUT2D eigenvalue weighted by Crippen LogP contribution is 2.05. The second kappa shape index (κ2) is 13.7. The maximum absolute atomic E-state index is 12.9. The molecule has 1 heterocycles. The SMILES string of the molecule is NCCCCC(NC(=O)C(Cc1cnc[nH]1)NC(=O)C(N)CC(N)=O)C(=O)NCC(=O)O. The summed E-state index contributed by atoms with van der Waals surface area (Å²) in [5.74, 6) is -4.19. The van der Waals surface area contributed by atoms with Crippen molar-refractivity contribution < 1.29 is 29.1 Å². The number of nitrogens with zero attached hydrogens (tertiary/aromatic N) is 1. The lowest BCUT2D eigenvalue weighted by atomic mass is 10.1. The molecule has 0 fully saturated rings. The summed E-state index contributed by atoms with van der Waals surface area (Å²) in [6.45, 7) is -0.230. The minimum absolute atomic E-state index is 0.00682. The zero-order valence-corrected chi connectivity index (χ0v) is 17.5. The fourth-order valence-corrected chi connectivity index (χ4v) is 2.73. The first kappa shape index (κ1) is 26.5. The molecule has 1 aromatic heterocycles. The Morgan fingerprint density at radius 3 is 2.31 bits per heavy atom. The van der Waals surface area contributed by atoms with Crippen LogP contribution in [0.15, 0.2) is 12.5 Å². The van der Waals surface area contributed by atoms with Gasteiger partial charge in [0.25, 0.3) is 0 Å². The van der Waals surface area contributed by atoms with Crippen molar-refractivity contribution in [1.82, 2.24) is 25.9 Å². The smallest absolute Gasteiger partial charge is 0.322 e. The van der Waals surface area contributed by atoms with Crippen LogP contribution < -0.4 is 33.2 Å². The van der Waals surface area contributed by atoms with E-state index >= 15 is 0 Å². The highest BCUT2D eigenvalue weighted by Gasteiger charge is 2.29. The Labute approximate surface area is 184 Å². The molecule has 0 aromatic carbocycles. The Bertz CT molecular complexity index is 784. The summed E-state index contributed by atoms with van der Waals surface area (Å²) in [6, 6.07) is -3.47. The van der Waals surface area contributed by atoms with Crippen molar-refractivity contribution in [3.05, 3.63) is 18.2 Å². The Morgan fingerprint density at radius 2 is 1.75 bits per heavy atom. The Hall–Kier alpha value is -3.52. The van der Waals surface area contributed by atoms with Crippen molar-refractivity contribution in [2.75, 3.05) is 13.1 Å². The monoisotopic (exact) mass is 454 g/mol. The first-order chi connectivity index (χ1) is 15.1. The van der Waals surface area contributed by atoms with E-state index in [-0.39, 0.29) is 12.8 Å². The predicted octanol–water partition coefficient (Wildman–Crippen LogP) is -3.55. The van der Waals surface area contributed by atoms with Gasteiger partial charge in [0.2, 0.25) is 23.6 Å². The van der Waals surface area contributed by atoms with E-state index in [0.717, 1.165) is 0 Å². The normalized spacial score (nSPS) is 13.4. The number of aromatic amines is 1. The van der Waals surface area contributed by atoms with Gasteiger partial charge in [0.05, 0.1) is 18.8 Å². The lowest BCUT2D eigenvalue weighted by Gasteiger charge is -2.23. The lowest BCUT2D eigenvalue weighted by molar-refractivity contribution is -0.138. The summed E-state index contributed by atoms with van der Waals surface area (Å²) < 4.78 is 0. The molecule has 0 aliphatic carbocycles. The number of amides is 4. The number of nitrogens with two attached hydrogens (primary N) is 3. The van der Waals surface area contributed by atoms with Crippen molar-refractivity contribution in [2.45, 2.75) is 50.2 Å². The highest BCUT2D eigenvalue weighted by atomic mass is 16.4. The number of rotatable bonds is 15. The second-order valence-electron chi connectivity index (χ2n) is 7.08. The molecule has 0 saturated carbocycles. The van der Waals surface area contributed by atoms with Crippen LogP contribution in [0.2, 0.25) is 0 Å². The summed E-state index contributed by atoms with van der Waals surface area (Å²) in [5, 5.41) is 16.0. The molecular formula is C18H30N8O6. The van der Waals surface area contributed by atoms with E-state index in [4.69, 9.17) is 22.3 Å². The molecule has 14 nitrogen and oxygen atoms in total. The maximum Gasteiger partial charge on any atom is 0.322 e. The quantitative estimate of drug-likeness (QED) is 0.122. The minimum Gasteiger partial charge on any atom is -0.480 e. The maximum atomic E-state index is 12.9. The van der Waals surface area contributed by atoms with Crippen molar-refractivity contribution in [2.24, 2.45) is 17.2 Å². The van der Waals surface area contributed by atoms with Gasteiger partial charge in [-0.1, -0.05) is 0 Å². The summed E-state index contributed by atoms with van der Waals surface area (Å²) in [7, 11) is 0. The van der Waals surface area contributed by atoms with E-state index < -0.39 is 60.7 Å². The molecule has 1 rings (SSSR count). The molecular weight excluding hydrogens is 424 g/mol. The van der Waals surface area contributed by atoms with Crippen molar-refractivity contribution in [3.63, 3.8) is 0 Å². The Balaban J connectivity index is 2.94. The molecule has 11 N–H and O–H groups in total. The Morgan fingerprint density at radius 1 is 1.06 bits per heavy atom. The van der Waals surface area contributed by atoms with E-state index in [2.05, 4.69) is 25.9 Å². The number of imidazole rings is 1. The largest absolute Gasteiger partial charge is 0.480 e. The number of carboxylic acids is 1. The van der Waals surface area contributed by atoms with Crippen LogP contribution in [0.5, 0.6) is 0 Å². The summed E-state index contributed by atoms with van der Waals surface area (Å²) >= 11 is 0. The molecule has 0 saturated heterocycles. The van der Waals surface area contributed by atoms with Gasteiger partial charge < -0.3 is 43.2 Å². The number of carbonyl (C=O) groups excluding carboxylic acids is 4. The van der Waals surface area contributed by atoms with E-state index in [9.17, 15) is 24.0 Å². The van der Waals surface area contributed by atoms with Crippen LogP contribution in [0, 0.1) is 0 Å². The van der Waals surface area contributed by atoms with Crippen molar-refractivity contribution >= 4 is 29.6 Å². The number of aromatic nitrogens is 2. The average molecular weight is 454 g/mol. The zero-order valence-electron chi connectivity index (χ0n) is 17.5. The van der Waals surface area contributed by atoms with E-state index in [0.29, 0.717) is 25.1 Å². The second-order valence-corrected chi connectivity index (χ2v) is 7.08. The Kier molecular flexibility index (Phi) is 11.4. The molecule has 3 unspecified atom stereocenters. The molecule has 0 bridgehead atoms. The number of unbranched alkanes of at least 4 members (excludes halogenated alkanes) is 1. The van der Waals surface area contributed by atoms with Gasteiger partial charge in [-0.2, -0.15) is 0 Å². The molecule has 14 heteroatoms. The molecule has 0 aliphatic rings. The predicted molar refractivity (Wildman–Crippen MR) is 111 cm³/mol. The van der Waals surface area contributed by atoms with E-state index in [1.807, 2.05) is 0 Å². The van der Waals surface area contributed by atoms with Crippen LogP contribution in [-0.2, 0) is 30.4 Å². The van der Waals surface area contributed by atoms with Gasteiger partial charge in [-0.25, -0.2) is 4.98 Å². The first-order valence-electron chi connectivity index (χ1n) is 9.95. The molecule has 1 aromatic rings. The van der Waals surface area contributed by atoms with E-state index in [1.54, 1.807) is 0 Å². The van der Waals surface area contributed by atoms with Crippen molar-refractivity contribution in [1.29, 1.82) is 0 Å². The van der Waals surface area contributed by atoms with Crippen LogP contribution >= 0.6 is 0 Å². The van der Waals surface area contributed by atoms with Gasteiger partial charge in [0, 0.05) is 18.3 Å². The third kappa shape index (κ3) is 9.99. The number of hydrogen-bond donors (Lipinski definition) is 8. The van der Waals surface area contributed by atoms with Gasteiger partial charge in [0.1, 0.15) is 18.6 Å². The topological polar surface area (TPSA) is 248 Å². The molecule has 0 aliphatic heterocycles. The number of aliphatic carboxylic acids is 1. The van der Waals surface area contributed by atoms with Gasteiger partial charge in [0.15, 0.2) is 0 Å². The average Bonchev–Trinajstić information content (AvgIpc) is 3.23. The van der Waals surface area contributed by atoms with Gasteiger partial charge in [-0.15, -0.1) is 0 Å². The standard InChI is InChI=1S/C18H30N8O6/c19-4-2-1-3-12(17(31)23-8-15(28)29)25-18(32)13(5-10-7-22-9-24-10)26-16(30)11(20)6-14(21)27/h7,9,11-13H,1-6,8,19-20H2,(H2,21,27)(H,22,24)(H,23,31)(H,25,32)(H,26,30)(H,28,29). The highest BCUT2D eigenvalue weighted by molar-refractivity contribution is 5.94. The molecule has 4 amide bonds. The molecule has 0 radical (unpaired) electrons. The summed E-state index contributed by atoms with van der Waals surface area (Å²) in [4.78, 5) is 66.0. The fraction of sp³-hybridized carbons (Fsp3) is 0.556. The first-order valence-corrected chi connectivity index (χ1v) is 9.95. The fourth-order valence-electron chi connectivity index (χ4n) is 2.73. The third-order valence-corrected chi connectivity index (χ3v) is 4.36. The number of hydrogen-bond acceptors (Lipinski definition) is 8. The molecule has 32 heavy (non-hydrogen) atoms. The lowest BCUT2D eigenvalue weighted by Crippen LogP contribution is -2.57. The van der Waals surface area contributed by atoms with Gasteiger partial charge >= 0.3 is 5.97 Å². The van der Waals surface area contributed by atoms with Gasteiger partial charge in [-0.05, 0) is 25.8 Å². The van der Waals surface area contributed by atoms with Gasteiger partial charge in [-0.3, -0.25) is 24.0 Å². The number of carboxylic acid groups (broad SMARTS) is 1. The van der Waals surface area contributed by atoms with Crippen LogP contribution in [0.25, 0.3) is 0 Å². The minimum atomic E-state index is -1.26. The van der Waals surface area contributed by atoms with Crippen LogP contribution in [-0.4, -0.2) is 75.9 Å². The third-order valence-electron chi connectivity index (χ3n) is 4.36. The number of carbonyl (C=O) groups is 5. The number of H-pyrrole nitrogens is 1.